The summed E-state index contributed by atoms with van der Waals surface area (Å²) in [6.45, 7) is 0.514. The summed E-state index contributed by atoms with van der Waals surface area (Å²) in [7, 11) is 1.54. The first-order valence-corrected chi connectivity index (χ1v) is 9.97. The van der Waals surface area contributed by atoms with E-state index in [1.54, 1.807) is 40.4 Å². The minimum absolute atomic E-state index is 0.122. The molecule has 2 heterocycles. The molecule has 1 fully saturated rings. The lowest BCUT2D eigenvalue weighted by molar-refractivity contribution is -0.124. The molecular formula is C17H19N3O3S2. The smallest absolute Gasteiger partial charge is 0.259 e. The number of nitrogens with zero attached hydrogens (tertiary/aromatic N) is 2. The number of carbonyl (C=O) groups is 2. The molecule has 1 N–H and O–H groups in total. The van der Waals surface area contributed by atoms with Crippen LogP contribution in [0.15, 0.2) is 35.2 Å². The molecule has 25 heavy (non-hydrogen) atoms. The number of hydrogen-bond donors (Lipinski definition) is 1. The van der Waals surface area contributed by atoms with Crippen LogP contribution < -0.4 is 10.1 Å². The standard InChI is InChI=1S/C17H19N3O3S2/c1-23-15-5-3-2-4-13(15)17(22)20-11-25-9-14(20)16(21)18-7-6-12-8-24-10-19-12/h2-5,8,10,14H,6-7,9,11H2,1H3,(H,18,21). The van der Waals surface area contributed by atoms with Crippen LogP contribution in [0.3, 0.4) is 0 Å². The van der Waals surface area contributed by atoms with Crippen molar-refractivity contribution in [1.29, 1.82) is 0 Å². The molecule has 1 aromatic heterocycles. The molecule has 0 radical (unpaired) electrons. The molecule has 3 rings (SSSR count). The molecular weight excluding hydrogens is 358 g/mol. The number of thiazole rings is 1. The topological polar surface area (TPSA) is 71.5 Å². The summed E-state index contributed by atoms with van der Waals surface area (Å²) in [5.41, 5.74) is 3.22. The van der Waals surface area contributed by atoms with Crippen molar-refractivity contribution in [2.24, 2.45) is 0 Å². The molecule has 0 bridgehead atoms. The van der Waals surface area contributed by atoms with Crippen molar-refractivity contribution in [1.82, 2.24) is 15.2 Å². The second kappa shape index (κ2) is 8.35. The van der Waals surface area contributed by atoms with Crippen molar-refractivity contribution >= 4 is 34.9 Å². The van der Waals surface area contributed by atoms with E-state index in [1.165, 1.54) is 18.4 Å². The van der Waals surface area contributed by atoms with E-state index in [4.69, 9.17) is 4.74 Å². The number of thioether (sulfide) groups is 1. The van der Waals surface area contributed by atoms with Gasteiger partial charge in [-0.15, -0.1) is 23.1 Å². The number of nitrogens with one attached hydrogen (secondary N) is 1. The lowest BCUT2D eigenvalue weighted by atomic mass is 10.1. The Bertz CT molecular complexity index is 736. The summed E-state index contributed by atoms with van der Waals surface area (Å²) in [4.78, 5) is 31.2. The predicted molar refractivity (Wildman–Crippen MR) is 99.1 cm³/mol. The second-order valence-corrected chi connectivity index (χ2v) is 7.23. The normalized spacial score (nSPS) is 16.7. The van der Waals surface area contributed by atoms with Gasteiger partial charge in [0.25, 0.3) is 5.91 Å². The van der Waals surface area contributed by atoms with Crippen molar-refractivity contribution in [3.05, 3.63) is 46.4 Å². The SMILES string of the molecule is COc1ccccc1C(=O)N1CSCC1C(=O)NCCc1cscn1. The quantitative estimate of drug-likeness (QED) is 0.834. The number of rotatable bonds is 6. The number of methoxy groups -OCH3 is 1. The maximum atomic E-state index is 12.8. The van der Waals surface area contributed by atoms with E-state index in [2.05, 4.69) is 10.3 Å². The highest BCUT2D eigenvalue weighted by molar-refractivity contribution is 7.99. The van der Waals surface area contributed by atoms with Gasteiger partial charge in [-0.2, -0.15) is 0 Å². The molecule has 2 amide bonds. The molecule has 1 aliphatic rings. The Morgan fingerprint density at radius 1 is 1.40 bits per heavy atom. The lowest BCUT2D eigenvalue weighted by Crippen LogP contribution is -2.47. The Hall–Kier alpha value is -2.06. The predicted octanol–water partition coefficient (Wildman–Crippen LogP) is 2.03. The van der Waals surface area contributed by atoms with Crippen LogP contribution in [0.25, 0.3) is 0 Å². The molecule has 1 saturated heterocycles. The Morgan fingerprint density at radius 3 is 3.00 bits per heavy atom. The van der Waals surface area contributed by atoms with Crippen LogP contribution in [0.1, 0.15) is 16.1 Å². The average Bonchev–Trinajstić information content (AvgIpc) is 3.32. The van der Waals surface area contributed by atoms with E-state index < -0.39 is 6.04 Å². The van der Waals surface area contributed by atoms with Gasteiger partial charge in [-0.25, -0.2) is 4.98 Å². The van der Waals surface area contributed by atoms with Gasteiger partial charge in [0.05, 0.1) is 29.8 Å². The van der Waals surface area contributed by atoms with Gasteiger partial charge in [0.1, 0.15) is 11.8 Å². The number of amides is 2. The molecule has 0 aliphatic carbocycles. The van der Waals surface area contributed by atoms with Gasteiger partial charge in [-0.1, -0.05) is 12.1 Å². The first-order valence-electron chi connectivity index (χ1n) is 7.87. The Kier molecular flexibility index (Phi) is 5.93. The fourth-order valence-corrected chi connectivity index (χ4v) is 4.38. The van der Waals surface area contributed by atoms with E-state index in [0.717, 1.165) is 5.69 Å². The van der Waals surface area contributed by atoms with Gasteiger partial charge < -0.3 is 15.0 Å². The fourth-order valence-electron chi connectivity index (χ4n) is 2.63. The molecule has 132 valence electrons. The molecule has 0 spiro atoms. The molecule has 1 aliphatic heterocycles. The van der Waals surface area contributed by atoms with Crippen LogP contribution in [0.5, 0.6) is 5.75 Å². The minimum Gasteiger partial charge on any atom is -0.496 e. The van der Waals surface area contributed by atoms with Gasteiger partial charge in [0.15, 0.2) is 0 Å². The number of hydrogen-bond acceptors (Lipinski definition) is 6. The third-order valence-electron chi connectivity index (χ3n) is 3.95. The largest absolute Gasteiger partial charge is 0.496 e. The highest BCUT2D eigenvalue weighted by atomic mass is 32.2. The first kappa shape index (κ1) is 17.8. The third-order valence-corrected chi connectivity index (χ3v) is 5.59. The summed E-state index contributed by atoms with van der Waals surface area (Å²) >= 11 is 3.12. The summed E-state index contributed by atoms with van der Waals surface area (Å²) < 4.78 is 5.27. The van der Waals surface area contributed by atoms with Crippen LogP contribution >= 0.6 is 23.1 Å². The first-order chi connectivity index (χ1) is 12.2. The van der Waals surface area contributed by atoms with Gasteiger partial charge in [0, 0.05) is 24.1 Å². The van der Waals surface area contributed by atoms with Crippen LogP contribution in [0.4, 0.5) is 0 Å². The van der Waals surface area contributed by atoms with Crippen molar-refractivity contribution < 1.29 is 14.3 Å². The Morgan fingerprint density at radius 2 is 2.24 bits per heavy atom. The molecule has 1 atom stereocenters. The zero-order valence-electron chi connectivity index (χ0n) is 13.8. The summed E-state index contributed by atoms with van der Waals surface area (Å²) in [5.74, 6) is 1.32. The van der Waals surface area contributed by atoms with Crippen LogP contribution in [0, 0.1) is 0 Å². The number of benzene rings is 1. The van der Waals surface area contributed by atoms with E-state index in [0.29, 0.717) is 35.9 Å². The third kappa shape index (κ3) is 4.13. The number of aromatic nitrogens is 1. The zero-order chi connectivity index (χ0) is 17.6. The monoisotopic (exact) mass is 377 g/mol. The summed E-state index contributed by atoms with van der Waals surface area (Å²) in [6, 6.07) is 6.62. The molecule has 1 unspecified atom stereocenters. The molecule has 0 saturated carbocycles. The lowest BCUT2D eigenvalue weighted by Gasteiger charge is -2.23. The fraction of sp³-hybridized carbons (Fsp3) is 0.353. The average molecular weight is 377 g/mol. The minimum atomic E-state index is -0.460. The van der Waals surface area contributed by atoms with Crippen molar-refractivity contribution in [2.45, 2.75) is 12.5 Å². The van der Waals surface area contributed by atoms with E-state index >= 15 is 0 Å². The van der Waals surface area contributed by atoms with E-state index in [-0.39, 0.29) is 11.8 Å². The zero-order valence-corrected chi connectivity index (χ0v) is 15.4. The van der Waals surface area contributed by atoms with Gasteiger partial charge >= 0.3 is 0 Å². The van der Waals surface area contributed by atoms with Crippen molar-refractivity contribution in [3.8, 4) is 5.75 Å². The van der Waals surface area contributed by atoms with E-state index in [9.17, 15) is 9.59 Å². The summed E-state index contributed by atoms with van der Waals surface area (Å²) in [6.07, 6.45) is 0.690. The van der Waals surface area contributed by atoms with Gasteiger partial charge in [0.2, 0.25) is 5.91 Å². The number of para-hydroxylation sites is 1. The van der Waals surface area contributed by atoms with Crippen molar-refractivity contribution in [2.75, 3.05) is 25.3 Å². The van der Waals surface area contributed by atoms with Crippen LogP contribution in [-0.4, -0.2) is 53.0 Å². The van der Waals surface area contributed by atoms with Gasteiger partial charge in [-0.3, -0.25) is 9.59 Å². The molecule has 6 nitrogen and oxygen atoms in total. The maximum Gasteiger partial charge on any atom is 0.259 e. The molecule has 2 aromatic rings. The summed E-state index contributed by atoms with van der Waals surface area (Å²) in [5, 5.41) is 4.88. The Labute approximate surface area is 154 Å². The van der Waals surface area contributed by atoms with Crippen LogP contribution in [0.2, 0.25) is 0 Å². The Balaban J connectivity index is 1.63. The van der Waals surface area contributed by atoms with Gasteiger partial charge in [-0.05, 0) is 12.1 Å². The highest BCUT2D eigenvalue weighted by Gasteiger charge is 2.35. The number of ether oxygens (including phenoxy) is 1. The molecule has 1 aromatic carbocycles. The second-order valence-electron chi connectivity index (χ2n) is 5.51. The number of carbonyl (C=O) groups excluding carboxylic acids is 2. The van der Waals surface area contributed by atoms with Crippen LogP contribution in [-0.2, 0) is 11.2 Å². The molecule has 8 heteroatoms. The van der Waals surface area contributed by atoms with E-state index in [1.807, 2.05) is 11.4 Å². The highest BCUT2D eigenvalue weighted by Crippen LogP contribution is 2.26. The van der Waals surface area contributed by atoms with Crippen molar-refractivity contribution in [3.63, 3.8) is 0 Å². The maximum absolute atomic E-state index is 12.8.